The minimum Gasteiger partial charge on any atom is -0.394 e. The molecule has 1 fully saturated rings. The number of ether oxygens (including phenoxy) is 1. The zero-order chi connectivity index (χ0) is 16.1. The molecule has 1 aromatic carbocycles. The van der Waals surface area contributed by atoms with Gasteiger partial charge in [0.25, 0.3) is 0 Å². The van der Waals surface area contributed by atoms with Crippen molar-refractivity contribution in [3.8, 4) is 0 Å². The van der Waals surface area contributed by atoms with Crippen LogP contribution in [0.4, 0.5) is 0 Å². The molecule has 6 atom stereocenters. The van der Waals surface area contributed by atoms with Crippen LogP contribution >= 0.6 is 0 Å². The third kappa shape index (κ3) is 4.25. The highest BCUT2D eigenvalue weighted by Crippen LogP contribution is 2.25. The van der Waals surface area contributed by atoms with Gasteiger partial charge in [0.15, 0.2) is 0 Å². The molecule has 1 heterocycles. The molecule has 0 radical (unpaired) electrons. The summed E-state index contributed by atoms with van der Waals surface area (Å²) < 4.78 is 5.38. The molecule has 22 heavy (non-hydrogen) atoms. The van der Waals surface area contributed by atoms with Crippen LogP contribution < -0.4 is 0 Å². The van der Waals surface area contributed by atoms with Gasteiger partial charge in [0.2, 0.25) is 0 Å². The van der Waals surface area contributed by atoms with Crippen molar-refractivity contribution in [3.05, 3.63) is 35.9 Å². The largest absolute Gasteiger partial charge is 0.394 e. The van der Waals surface area contributed by atoms with Crippen LogP contribution in [-0.4, -0.2) is 68.8 Å². The fourth-order valence-corrected chi connectivity index (χ4v) is 2.74. The molecule has 0 amide bonds. The first kappa shape index (κ1) is 17.3. The van der Waals surface area contributed by atoms with E-state index >= 15 is 0 Å². The van der Waals surface area contributed by atoms with Crippen molar-refractivity contribution in [2.24, 2.45) is 0 Å². The van der Waals surface area contributed by atoms with Gasteiger partial charge in [-0.05, 0) is 18.4 Å². The van der Waals surface area contributed by atoms with Crippen molar-refractivity contribution in [2.75, 3.05) is 6.61 Å². The van der Waals surface area contributed by atoms with E-state index in [-0.39, 0.29) is 6.42 Å². The van der Waals surface area contributed by atoms with E-state index in [1.165, 1.54) is 0 Å². The number of hydrogen-bond donors (Lipinski definition) is 5. The lowest BCUT2D eigenvalue weighted by Crippen LogP contribution is -2.59. The Bertz CT molecular complexity index is 438. The van der Waals surface area contributed by atoms with Gasteiger partial charge in [-0.2, -0.15) is 0 Å². The van der Waals surface area contributed by atoms with Gasteiger partial charge in [0.1, 0.15) is 24.4 Å². The molecule has 1 aromatic rings. The van der Waals surface area contributed by atoms with Gasteiger partial charge in [0.05, 0.1) is 18.8 Å². The maximum atomic E-state index is 10.1. The number of aryl methyl sites for hydroxylation is 1. The molecule has 0 aliphatic carbocycles. The van der Waals surface area contributed by atoms with E-state index in [0.29, 0.717) is 12.8 Å². The quantitative estimate of drug-likeness (QED) is 0.471. The molecule has 1 aliphatic heterocycles. The summed E-state index contributed by atoms with van der Waals surface area (Å²) in [6, 6.07) is 9.73. The fourth-order valence-electron chi connectivity index (χ4n) is 2.74. The van der Waals surface area contributed by atoms with Crippen LogP contribution in [0.2, 0.25) is 0 Å². The van der Waals surface area contributed by atoms with Crippen LogP contribution in [0.5, 0.6) is 0 Å². The minimum atomic E-state index is -1.39. The van der Waals surface area contributed by atoms with Crippen LogP contribution in [0, 0.1) is 0 Å². The first-order valence-corrected chi connectivity index (χ1v) is 7.55. The highest BCUT2D eigenvalue weighted by Gasteiger charge is 2.43. The minimum absolute atomic E-state index is 0.133. The highest BCUT2D eigenvalue weighted by atomic mass is 16.5. The molecule has 0 unspecified atom stereocenters. The van der Waals surface area contributed by atoms with Crippen LogP contribution in [-0.2, 0) is 11.2 Å². The normalized spacial score (nSPS) is 33.6. The molecule has 2 rings (SSSR count). The van der Waals surface area contributed by atoms with E-state index < -0.39 is 43.2 Å². The molecule has 0 spiro atoms. The Hall–Kier alpha value is -1.02. The molecule has 1 aliphatic rings. The monoisotopic (exact) mass is 312 g/mol. The summed E-state index contributed by atoms with van der Waals surface area (Å²) in [7, 11) is 0. The van der Waals surface area contributed by atoms with E-state index in [1.54, 1.807) is 0 Å². The van der Waals surface area contributed by atoms with Crippen molar-refractivity contribution in [2.45, 2.75) is 55.9 Å². The summed E-state index contributed by atoms with van der Waals surface area (Å²) in [5, 5.41) is 48.6. The third-order valence-electron chi connectivity index (χ3n) is 4.10. The average molecular weight is 312 g/mol. The maximum Gasteiger partial charge on any atom is 0.111 e. The van der Waals surface area contributed by atoms with Crippen molar-refractivity contribution < 1.29 is 30.3 Å². The summed E-state index contributed by atoms with van der Waals surface area (Å²) >= 11 is 0. The Kier molecular flexibility index (Phi) is 6.31. The third-order valence-corrected chi connectivity index (χ3v) is 4.10. The highest BCUT2D eigenvalue weighted by molar-refractivity contribution is 5.14. The van der Waals surface area contributed by atoms with Crippen molar-refractivity contribution in [3.63, 3.8) is 0 Å². The van der Waals surface area contributed by atoms with E-state index in [4.69, 9.17) is 9.84 Å². The number of aliphatic hydroxyl groups is 5. The zero-order valence-electron chi connectivity index (χ0n) is 12.3. The molecule has 124 valence electrons. The summed E-state index contributed by atoms with van der Waals surface area (Å²) in [5.41, 5.74) is 1.11. The maximum absolute atomic E-state index is 10.1. The van der Waals surface area contributed by atoms with E-state index in [9.17, 15) is 20.4 Å². The van der Waals surface area contributed by atoms with Crippen molar-refractivity contribution in [1.82, 2.24) is 0 Å². The smallest absolute Gasteiger partial charge is 0.111 e. The predicted octanol–water partition coefficient (Wildman–Crippen LogP) is -0.787. The first-order chi connectivity index (χ1) is 10.5. The summed E-state index contributed by atoms with van der Waals surface area (Å²) in [6.45, 7) is -0.457. The molecule has 6 nitrogen and oxygen atoms in total. The average Bonchev–Trinajstić information content (AvgIpc) is 2.54. The summed E-state index contributed by atoms with van der Waals surface area (Å²) in [5.74, 6) is 0. The van der Waals surface area contributed by atoms with Gasteiger partial charge in [-0.1, -0.05) is 30.3 Å². The molecule has 0 saturated carbocycles. The molecular weight excluding hydrogens is 288 g/mol. The Labute approximate surface area is 129 Å². The van der Waals surface area contributed by atoms with E-state index in [2.05, 4.69) is 0 Å². The lowest BCUT2D eigenvalue weighted by Gasteiger charge is -2.40. The van der Waals surface area contributed by atoms with Gasteiger partial charge in [-0.3, -0.25) is 0 Å². The summed E-state index contributed by atoms with van der Waals surface area (Å²) in [6.07, 6.45) is -5.17. The van der Waals surface area contributed by atoms with Crippen LogP contribution in [0.3, 0.4) is 0 Å². The second-order valence-electron chi connectivity index (χ2n) is 5.78. The SMILES string of the molecule is OC[C@H]1O[C@@H](C[C@@H](O)CCc2ccccc2)[C@H](O)[C@@H](O)[C@@H]1O. The zero-order valence-corrected chi connectivity index (χ0v) is 12.3. The second-order valence-corrected chi connectivity index (χ2v) is 5.78. The van der Waals surface area contributed by atoms with Gasteiger partial charge in [0, 0.05) is 6.42 Å². The predicted molar refractivity (Wildman–Crippen MR) is 79.2 cm³/mol. The lowest BCUT2D eigenvalue weighted by molar-refractivity contribution is -0.234. The Balaban J connectivity index is 1.86. The number of aliphatic hydroxyl groups excluding tert-OH is 5. The molecule has 0 bridgehead atoms. The molecular formula is C16H24O6. The van der Waals surface area contributed by atoms with Gasteiger partial charge in [-0.25, -0.2) is 0 Å². The second kappa shape index (κ2) is 8.01. The molecule has 5 N–H and O–H groups in total. The first-order valence-electron chi connectivity index (χ1n) is 7.55. The molecule has 1 saturated heterocycles. The van der Waals surface area contributed by atoms with Gasteiger partial charge < -0.3 is 30.3 Å². The number of benzene rings is 1. The Morgan fingerprint density at radius 2 is 1.59 bits per heavy atom. The van der Waals surface area contributed by atoms with Crippen LogP contribution in [0.1, 0.15) is 18.4 Å². The topological polar surface area (TPSA) is 110 Å². The van der Waals surface area contributed by atoms with Crippen molar-refractivity contribution >= 4 is 0 Å². The van der Waals surface area contributed by atoms with Gasteiger partial charge >= 0.3 is 0 Å². The van der Waals surface area contributed by atoms with Crippen LogP contribution in [0.15, 0.2) is 30.3 Å². The summed E-state index contributed by atoms with van der Waals surface area (Å²) in [4.78, 5) is 0. The Morgan fingerprint density at radius 1 is 0.955 bits per heavy atom. The Morgan fingerprint density at radius 3 is 2.23 bits per heavy atom. The number of hydrogen-bond acceptors (Lipinski definition) is 6. The van der Waals surface area contributed by atoms with Gasteiger partial charge in [-0.15, -0.1) is 0 Å². The fraction of sp³-hybridized carbons (Fsp3) is 0.625. The lowest BCUT2D eigenvalue weighted by atomic mass is 9.91. The van der Waals surface area contributed by atoms with Crippen molar-refractivity contribution in [1.29, 1.82) is 0 Å². The molecule has 0 aromatic heterocycles. The molecule has 6 heteroatoms. The standard InChI is InChI=1S/C16H24O6/c17-9-13-15(20)16(21)14(19)12(22-13)8-11(18)7-6-10-4-2-1-3-5-10/h1-5,11-21H,6-9H2/t11-,12-,13+,14-,15+,16+/m0/s1. The number of rotatable bonds is 6. The van der Waals surface area contributed by atoms with Crippen LogP contribution in [0.25, 0.3) is 0 Å². The van der Waals surface area contributed by atoms with E-state index in [0.717, 1.165) is 5.56 Å². The van der Waals surface area contributed by atoms with E-state index in [1.807, 2.05) is 30.3 Å².